The molecule has 1 saturated heterocycles. The van der Waals surface area contributed by atoms with Crippen molar-refractivity contribution in [1.82, 2.24) is 0 Å². The molecular weight excluding hydrogens is 216 g/mol. The summed E-state index contributed by atoms with van der Waals surface area (Å²) in [5.74, 6) is 0. The maximum absolute atomic E-state index is 9.74. The monoisotopic (exact) mass is 236 g/mol. The molecule has 0 spiro atoms. The summed E-state index contributed by atoms with van der Waals surface area (Å²) in [5.41, 5.74) is 0. The Bertz CT molecular complexity index is 200. The molecule has 0 aromatic rings. The molecule has 1 heterocycles. The summed E-state index contributed by atoms with van der Waals surface area (Å²) in [5, 5.41) is 9.74. The summed E-state index contributed by atoms with van der Waals surface area (Å²) in [6.45, 7) is 0.325. The highest BCUT2D eigenvalue weighted by Gasteiger charge is 2.46. The van der Waals surface area contributed by atoms with Gasteiger partial charge in [0.2, 0.25) is 0 Å². The topological polar surface area (TPSA) is 66.4 Å². The van der Waals surface area contributed by atoms with E-state index in [1.807, 2.05) is 0 Å². The van der Waals surface area contributed by atoms with E-state index in [9.17, 15) is 5.11 Å². The van der Waals surface area contributed by atoms with Gasteiger partial charge in [0.05, 0.1) is 6.61 Å². The van der Waals surface area contributed by atoms with Gasteiger partial charge in [-0.25, -0.2) is 0 Å². The van der Waals surface area contributed by atoms with Crippen LogP contribution in [0.5, 0.6) is 0 Å². The summed E-state index contributed by atoms with van der Waals surface area (Å²) >= 11 is 0. The number of aliphatic hydroxyl groups excluding tert-OH is 1. The van der Waals surface area contributed by atoms with Crippen LogP contribution in [-0.4, -0.2) is 70.9 Å². The Morgan fingerprint density at radius 1 is 0.938 bits per heavy atom. The van der Waals surface area contributed by atoms with Gasteiger partial charge >= 0.3 is 0 Å². The minimum atomic E-state index is -1.04. The molecule has 96 valence electrons. The quantitative estimate of drug-likeness (QED) is 0.687. The van der Waals surface area contributed by atoms with Crippen LogP contribution < -0.4 is 0 Å². The normalized spacial score (nSPS) is 39.9. The number of methoxy groups -OCH3 is 4. The van der Waals surface area contributed by atoms with Crippen molar-refractivity contribution >= 4 is 0 Å². The molecule has 1 fully saturated rings. The third-order valence-corrected chi connectivity index (χ3v) is 2.76. The van der Waals surface area contributed by atoms with E-state index in [2.05, 4.69) is 0 Å². The Kier molecular flexibility index (Phi) is 5.60. The SMILES string of the molecule is COC[C@H]1OC(O)[C@H](OC)[C@H](OC)[C@@H]1OC. The standard InChI is InChI=1S/C10H20O6/c1-12-5-6-7(13-2)8(14-3)9(15-4)10(11)16-6/h6-11H,5H2,1-4H3/t6-,7-,8-,9-,10?/m1/s1. The molecule has 0 aromatic carbocycles. The van der Waals surface area contributed by atoms with Crippen molar-refractivity contribution in [2.24, 2.45) is 0 Å². The van der Waals surface area contributed by atoms with Gasteiger partial charge in [-0.15, -0.1) is 0 Å². The van der Waals surface area contributed by atoms with Crippen molar-refractivity contribution < 1.29 is 28.8 Å². The van der Waals surface area contributed by atoms with Crippen LogP contribution in [0.1, 0.15) is 0 Å². The van der Waals surface area contributed by atoms with Crippen molar-refractivity contribution in [3.05, 3.63) is 0 Å². The molecule has 0 bridgehead atoms. The first-order valence-electron chi connectivity index (χ1n) is 5.10. The van der Waals surface area contributed by atoms with E-state index in [4.69, 9.17) is 23.7 Å². The Hall–Kier alpha value is -0.240. The summed E-state index contributed by atoms with van der Waals surface area (Å²) in [6, 6.07) is 0. The first-order chi connectivity index (χ1) is 7.69. The lowest BCUT2D eigenvalue weighted by Gasteiger charge is -2.42. The van der Waals surface area contributed by atoms with Crippen LogP contribution in [0.25, 0.3) is 0 Å². The number of hydrogen-bond donors (Lipinski definition) is 1. The zero-order chi connectivity index (χ0) is 12.1. The second-order valence-corrected chi connectivity index (χ2v) is 3.62. The maximum Gasteiger partial charge on any atom is 0.184 e. The molecule has 1 aliphatic rings. The van der Waals surface area contributed by atoms with Gasteiger partial charge in [0.25, 0.3) is 0 Å². The Labute approximate surface area is 95.4 Å². The molecule has 0 aliphatic carbocycles. The van der Waals surface area contributed by atoms with Gasteiger partial charge in [-0.1, -0.05) is 0 Å². The number of ether oxygens (including phenoxy) is 5. The van der Waals surface area contributed by atoms with E-state index in [-0.39, 0.29) is 18.3 Å². The number of aliphatic hydroxyl groups is 1. The number of hydrogen-bond acceptors (Lipinski definition) is 6. The highest BCUT2D eigenvalue weighted by atomic mass is 16.7. The lowest BCUT2D eigenvalue weighted by atomic mass is 9.98. The Balaban J connectivity index is 2.78. The molecule has 1 N–H and O–H groups in total. The first-order valence-corrected chi connectivity index (χ1v) is 5.10. The summed E-state index contributed by atoms with van der Waals surface area (Å²) in [7, 11) is 6.16. The lowest BCUT2D eigenvalue weighted by molar-refractivity contribution is -0.300. The first kappa shape index (κ1) is 13.8. The number of rotatable bonds is 5. The minimum Gasteiger partial charge on any atom is -0.382 e. The van der Waals surface area contributed by atoms with E-state index in [0.717, 1.165) is 0 Å². The summed E-state index contributed by atoms with van der Waals surface area (Å²) < 4.78 is 26.1. The van der Waals surface area contributed by atoms with Crippen molar-refractivity contribution in [3.63, 3.8) is 0 Å². The second kappa shape index (κ2) is 6.48. The molecule has 5 atom stereocenters. The largest absolute Gasteiger partial charge is 0.382 e. The molecule has 0 saturated carbocycles. The van der Waals surface area contributed by atoms with E-state index < -0.39 is 12.4 Å². The Morgan fingerprint density at radius 2 is 1.50 bits per heavy atom. The lowest BCUT2D eigenvalue weighted by Crippen LogP contribution is -2.60. The minimum absolute atomic E-state index is 0.325. The van der Waals surface area contributed by atoms with Crippen molar-refractivity contribution in [3.8, 4) is 0 Å². The average molecular weight is 236 g/mol. The van der Waals surface area contributed by atoms with Crippen molar-refractivity contribution in [1.29, 1.82) is 0 Å². The smallest absolute Gasteiger partial charge is 0.184 e. The van der Waals surface area contributed by atoms with Crippen molar-refractivity contribution in [2.45, 2.75) is 30.7 Å². The van der Waals surface area contributed by atoms with Gasteiger partial charge in [-0.05, 0) is 0 Å². The van der Waals surface area contributed by atoms with Crippen LogP contribution in [0.4, 0.5) is 0 Å². The van der Waals surface area contributed by atoms with Crippen LogP contribution in [0, 0.1) is 0 Å². The highest BCUT2D eigenvalue weighted by molar-refractivity contribution is 4.91. The molecule has 1 unspecified atom stereocenters. The average Bonchev–Trinajstić information content (AvgIpc) is 2.28. The van der Waals surface area contributed by atoms with Gasteiger partial charge in [0.1, 0.15) is 24.4 Å². The molecular formula is C10H20O6. The molecule has 1 aliphatic heterocycles. The van der Waals surface area contributed by atoms with Gasteiger partial charge in [0, 0.05) is 28.4 Å². The summed E-state index contributed by atoms with van der Waals surface area (Å²) in [4.78, 5) is 0. The van der Waals surface area contributed by atoms with E-state index >= 15 is 0 Å². The second-order valence-electron chi connectivity index (χ2n) is 3.62. The maximum atomic E-state index is 9.74. The molecule has 16 heavy (non-hydrogen) atoms. The molecule has 1 rings (SSSR count). The Morgan fingerprint density at radius 3 is 1.94 bits per heavy atom. The zero-order valence-corrected chi connectivity index (χ0v) is 10.1. The van der Waals surface area contributed by atoms with Crippen molar-refractivity contribution in [2.75, 3.05) is 35.0 Å². The van der Waals surface area contributed by atoms with Crippen LogP contribution in [0.3, 0.4) is 0 Å². The van der Waals surface area contributed by atoms with Gasteiger partial charge in [0.15, 0.2) is 6.29 Å². The van der Waals surface area contributed by atoms with Crippen LogP contribution >= 0.6 is 0 Å². The van der Waals surface area contributed by atoms with E-state index in [1.165, 1.54) is 7.11 Å². The van der Waals surface area contributed by atoms with Crippen LogP contribution in [0.2, 0.25) is 0 Å². The summed E-state index contributed by atoms with van der Waals surface area (Å²) in [6.07, 6.45) is -2.71. The zero-order valence-electron chi connectivity index (χ0n) is 10.1. The van der Waals surface area contributed by atoms with E-state index in [0.29, 0.717) is 6.61 Å². The fraction of sp³-hybridized carbons (Fsp3) is 1.00. The fourth-order valence-corrected chi connectivity index (χ4v) is 2.00. The van der Waals surface area contributed by atoms with Gasteiger partial charge in [-0.3, -0.25) is 0 Å². The van der Waals surface area contributed by atoms with Gasteiger partial charge < -0.3 is 28.8 Å². The van der Waals surface area contributed by atoms with E-state index in [1.54, 1.807) is 21.3 Å². The molecule has 0 radical (unpaired) electrons. The molecule has 6 heteroatoms. The molecule has 0 aromatic heterocycles. The third kappa shape index (κ3) is 2.71. The third-order valence-electron chi connectivity index (χ3n) is 2.76. The highest BCUT2D eigenvalue weighted by Crippen LogP contribution is 2.25. The van der Waals surface area contributed by atoms with Crippen LogP contribution in [-0.2, 0) is 23.7 Å². The van der Waals surface area contributed by atoms with Gasteiger partial charge in [-0.2, -0.15) is 0 Å². The predicted octanol–water partition coefficient (Wildman–Crippen LogP) is -0.605. The predicted molar refractivity (Wildman–Crippen MR) is 55.1 cm³/mol. The molecule has 6 nitrogen and oxygen atoms in total. The molecule has 0 amide bonds. The fourth-order valence-electron chi connectivity index (χ4n) is 2.00. The van der Waals surface area contributed by atoms with Crippen LogP contribution in [0.15, 0.2) is 0 Å².